The fourth-order valence-corrected chi connectivity index (χ4v) is 1.31. The van der Waals surface area contributed by atoms with Crippen molar-refractivity contribution in [2.24, 2.45) is 5.84 Å². The normalized spacial score (nSPS) is 9.44. The molecular formula is C9H10ClN3O3. The Balaban J connectivity index is 2.93. The van der Waals surface area contributed by atoms with Crippen molar-refractivity contribution in [2.45, 2.75) is 0 Å². The number of hydrogen-bond acceptors (Lipinski definition) is 4. The van der Waals surface area contributed by atoms with Crippen LogP contribution in [0.25, 0.3) is 0 Å². The highest BCUT2D eigenvalue weighted by Gasteiger charge is 2.15. The number of ether oxygens (including phenoxy) is 1. The van der Waals surface area contributed by atoms with Crippen molar-refractivity contribution in [3.8, 4) is 5.75 Å². The van der Waals surface area contributed by atoms with Gasteiger partial charge in [-0.25, -0.2) is 5.84 Å². The number of nitrogens with one attached hydrogen (secondary N) is 2. The van der Waals surface area contributed by atoms with Crippen molar-refractivity contribution in [1.29, 1.82) is 0 Å². The number of anilines is 1. The smallest absolute Gasteiger partial charge is 0.323 e. The summed E-state index contributed by atoms with van der Waals surface area (Å²) in [5, 5.41) is 2.64. The van der Waals surface area contributed by atoms with E-state index in [0.29, 0.717) is 10.7 Å². The lowest BCUT2D eigenvalue weighted by atomic mass is 10.3. The molecule has 1 rings (SSSR count). The molecule has 0 heterocycles. The standard InChI is InChI=1S/C9H10ClN3O3/c1-16-7-5(10)3-2-4-6(7)12-8(14)9(15)13-11/h2-4H,11H2,1H3,(H,12,14)(H,13,15). The first-order valence-electron chi connectivity index (χ1n) is 4.24. The lowest BCUT2D eigenvalue weighted by Crippen LogP contribution is -2.39. The Morgan fingerprint density at radius 2 is 2.06 bits per heavy atom. The Labute approximate surface area is 96.7 Å². The van der Waals surface area contributed by atoms with Crippen LogP contribution < -0.4 is 21.3 Å². The lowest BCUT2D eigenvalue weighted by molar-refractivity contribution is -0.136. The molecule has 6 nitrogen and oxygen atoms in total. The monoisotopic (exact) mass is 243 g/mol. The van der Waals surface area contributed by atoms with Gasteiger partial charge in [-0.1, -0.05) is 17.7 Å². The van der Waals surface area contributed by atoms with Gasteiger partial charge in [0.2, 0.25) is 0 Å². The molecule has 0 spiro atoms. The van der Waals surface area contributed by atoms with Crippen LogP contribution in [0.15, 0.2) is 18.2 Å². The first-order valence-corrected chi connectivity index (χ1v) is 4.62. The maximum atomic E-state index is 11.2. The number of methoxy groups -OCH3 is 1. The van der Waals surface area contributed by atoms with E-state index in [1.807, 2.05) is 0 Å². The van der Waals surface area contributed by atoms with Gasteiger partial charge in [-0.2, -0.15) is 0 Å². The molecule has 0 aliphatic carbocycles. The second-order valence-electron chi connectivity index (χ2n) is 2.75. The minimum Gasteiger partial charge on any atom is -0.493 e. The molecule has 0 bridgehead atoms. The van der Waals surface area contributed by atoms with E-state index in [9.17, 15) is 9.59 Å². The average molecular weight is 244 g/mol. The number of para-hydroxylation sites is 1. The maximum absolute atomic E-state index is 11.2. The lowest BCUT2D eigenvalue weighted by Gasteiger charge is -2.10. The first kappa shape index (κ1) is 12.3. The van der Waals surface area contributed by atoms with Gasteiger partial charge in [-0.15, -0.1) is 0 Å². The molecule has 0 saturated carbocycles. The average Bonchev–Trinajstić information content (AvgIpc) is 2.28. The minimum absolute atomic E-state index is 0.280. The van der Waals surface area contributed by atoms with Crippen LogP contribution in [0.1, 0.15) is 0 Å². The summed E-state index contributed by atoms with van der Waals surface area (Å²) >= 11 is 5.82. The number of benzene rings is 1. The van der Waals surface area contributed by atoms with Crippen LogP contribution >= 0.6 is 11.6 Å². The van der Waals surface area contributed by atoms with Crippen LogP contribution in [-0.4, -0.2) is 18.9 Å². The number of carbonyl (C=O) groups excluding carboxylic acids is 2. The van der Waals surface area contributed by atoms with Gasteiger partial charge in [-0.3, -0.25) is 15.0 Å². The third-order valence-electron chi connectivity index (χ3n) is 1.76. The summed E-state index contributed by atoms with van der Waals surface area (Å²) in [4.78, 5) is 22.1. The van der Waals surface area contributed by atoms with Crippen molar-refractivity contribution < 1.29 is 14.3 Å². The summed E-state index contributed by atoms with van der Waals surface area (Å²) in [6.45, 7) is 0. The molecule has 0 atom stereocenters. The Kier molecular flexibility index (Phi) is 4.10. The fourth-order valence-electron chi connectivity index (χ4n) is 1.06. The van der Waals surface area contributed by atoms with Crippen LogP contribution in [-0.2, 0) is 9.59 Å². The second kappa shape index (κ2) is 5.34. The maximum Gasteiger partial charge on any atom is 0.323 e. The molecule has 7 heteroatoms. The number of nitrogens with two attached hydrogens (primary N) is 1. The van der Waals surface area contributed by atoms with Crippen molar-refractivity contribution in [1.82, 2.24) is 5.43 Å². The summed E-state index contributed by atoms with van der Waals surface area (Å²) < 4.78 is 4.98. The van der Waals surface area contributed by atoms with Crippen molar-refractivity contribution in [3.63, 3.8) is 0 Å². The number of hydrogen-bond donors (Lipinski definition) is 3. The Bertz CT molecular complexity index is 422. The highest BCUT2D eigenvalue weighted by Crippen LogP contribution is 2.32. The van der Waals surface area contributed by atoms with Crippen LogP contribution in [0, 0.1) is 0 Å². The van der Waals surface area contributed by atoms with Gasteiger partial charge in [0, 0.05) is 0 Å². The van der Waals surface area contributed by atoms with E-state index in [0.717, 1.165) is 0 Å². The Hall–Kier alpha value is -1.79. The molecule has 0 radical (unpaired) electrons. The van der Waals surface area contributed by atoms with E-state index < -0.39 is 11.8 Å². The van der Waals surface area contributed by atoms with E-state index >= 15 is 0 Å². The van der Waals surface area contributed by atoms with E-state index in [4.69, 9.17) is 22.2 Å². The summed E-state index contributed by atoms with van der Waals surface area (Å²) in [6, 6.07) is 4.76. The summed E-state index contributed by atoms with van der Waals surface area (Å²) in [5.74, 6) is 3.23. The molecule has 4 N–H and O–H groups in total. The predicted molar refractivity (Wildman–Crippen MR) is 59.0 cm³/mol. The summed E-state index contributed by atoms with van der Waals surface area (Å²) in [5.41, 5.74) is 2.01. The first-order chi connectivity index (χ1) is 7.60. The zero-order valence-corrected chi connectivity index (χ0v) is 9.17. The fraction of sp³-hybridized carbons (Fsp3) is 0.111. The zero-order chi connectivity index (χ0) is 12.1. The number of amides is 2. The molecule has 0 aliphatic heterocycles. The van der Waals surface area contributed by atoms with Crippen LogP contribution in [0.5, 0.6) is 5.75 Å². The SMILES string of the molecule is COc1c(Cl)cccc1NC(=O)C(=O)NN. The van der Waals surface area contributed by atoms with Gasteiger partial charge in [0.1, 0.15) is 0 Å². The number of rotatable bonds is 2. The van der Waals surface area contributed by atoms with E-state index in [-0.39, 0.29) is 5.75 Å². The van der Waals surface area contributed by atoms with Gasteiger partial charge in [0.15, 0.2) is 5.75 Å². The highest BCUT2D eigenvalue weighted by atomic mass is 35.5. The van der Waals surface area contributed by atoms with Gasteiger partial charge < -0.3 is 10.1 Å². The molecule has 1 aromatic rings. The molecule has 16 heavy (non-hydrogen) atoms. The van der Waals surface area contributed by atoms with E-state index in [1.54, 1.807) is 23.6 Å². The van der Waals surface area contributed by atoms with Crippen molar-refractivity contribution in [3.05, 3.63) is 23.2 Å². The van der Waals surface area contributed by atoms with Crippen LogP contribution in [0.4, 0.5) is 5.69 Å². The Morgan fingerprint density at radius 3 is 2.62 bits per heavy atom. The molecule has 0 aliphatic rings. The molecular weight excluding hydrogens is 234 g/mol. The second-order valence-corrected chi connectivity index (χ2v) is 3.16. The van der Waals surface area contributed by atoms with E-state index in [1.165, 1.54) is 7.11 Å². The van der Waals surface area contributed by atoms with Crippen LogP contribution in [0.2, 0.25) is 5.02 Å². The molecule has 0 aromatic heterocycles. The molecule has 2 amide bonds. The Morgan fingerprint density at radius 1 is 1.38 bits per heavy atom. The number of carbonyl (C=O) groups is 2. The van der Waals surface area contributed by atoms with E-state index in [2.05, 4.69) is 5.32 Å². The predicted octanol–water partition coefficient (Wildman–Crippen LogP) is 0.277. The van der Waals surface area contributed by atoms with Gasteiger partial charge in [0.25, 0.3) is 0 Å². The molecule has 0 fully saturated rings. The van der Waals surface area contributed by atoms with Crippen molar-refractivity contribution in [2.75, 3.05) is 12.4 Å². The van der Waals surface area contributed by atoms with Crippen molar-refractivity contribution >= 4 is 29.1 Å². The molecule has 0 saturated heterocycles. The summed E-state index contributed by atoms with van der Waals surface area (Å²) in [7, 11) is 1.40. The van der Waals surface area contributed by atoms with Gasteiger partial charge >= 0.3 is 11.8 Å². The zero-order valence-electron chi connectivity index (χ0n) is 8.41. The highest BCUT2D eigenvalue weighted by molar-refractivity contribution is 6.40. The minimum atomic E-state index is -0.956. The number of halogens is 1. The summed E-state index contributed by atoms with van der Waals surface area (Å²) in [6.07, 6.45) is 0. The molecule has 1 aromatic carbocycles. The largest absolute Gasteiger partial charge is 0.493 e. The topological polar surface area (TPSA) is 93.4 Å². The van der Waals surface area contributed by atoms with Crippen LogP contribution in [0.3, 0.4) is 0 Å². The third kappa shape index (κ3) is 2.62. The quantitative estimate of drug-likeness (QED) is 0.301. The molecule has 86 valence electrons. The number of hydrazine groups is 1. The third-order valence-corrected chi connectivity index (χ3v) is 2.05. The van der Waals surface area contributed by atoms with Gasteiger partial charge in [0.05, 0.1) is 17.8 Å². The van der Waals surface area contributed by atoms with Gasteiger partial charge in [-0.05, 0) is 12.1 Å². The molecule has 0 unspecified atom stereocenters.